The minimum atomic E-state index is -0.746. The average Bonchev–Trinajstić information content (AvgIpc) is 2.42. The number of benzene rings is 1. The highest BCUT2D eigenvalue weighted by atomic mass is 16.4. The molecule has 0 aromatic heterocycles. The fraction of sp³-hybridized carbons (Fsp3) is 0.467. The maximum Gasteiger partial charge on any atom is 0.306 e. The molecule has 1 aromatic carbocycles. The summed E-state index contributed by atoms with van der Waals surface area (Å²) in [7, 11) is 0. The second-order valence-electron chi connectivity index (χ2n) is 5.26. The summed E-state index contributed by atoms with van der Waals surface area (Å²) in [6, 6.07) is 6.81. The third-order valence-corrected chi connectivity index (χ3v) is 3.78. The van der Waals surface area contributed by atoms with Gasteiger partial charge in [0.15, 0.2) is 0 Å². The first-order chi connectivity index (χ1) is 9.56. The number of carbonyl (C=O) groups is 2. The summed E-state index contributed by atoms with van der Waals surface area (Å²) in [6.07, 6.45) is 2.76. The van der Waals surface area contributed by atoms with E-state index in [-0.39, 0.29) is 30.0 Å². The van der Waals surface area contributed by atoms with Crippen LogP contribution in [0.1, 0.15) is 31.2 Å². The number of phenolic OH excluding ortho intramolecular Hbond substituents is 1. The summed E-state index contributed by atoms with van der Waals surface area (Å²) in [5.74, 6) is -1.03. The summed E-state index contributed by atoms with van der Waals surface area (Å²) in [4.78, 5) is 22.8. The van der Waals surface area contributed by atoms with Gasteiger partial charge in [-0.25, -0.2) is 0 Å². The SMILES string of the molecule is O=C(Cc1ccccc1O)NC1CCC(C(=O)O)CC1. The molecule has 5 nitrogen and oxygen atoms in total. The number of hydrogen-bond acceptors (Lipinski definition) is 3. The molecule has 0 bridgehead atoms. The molecule has 1 aliphatic carbocycles. The van der Waals surface area contributed by atoms with E-state index in [1.807, 2.05) is 0 Å². The van der Waals surface area contributed by atoms with Gasteiger partial charge in [-0.1, -0.05) is 18.2 Å². The van der Waals surface area contributed by atoms with Crippen molar-refractivity contribution in [3.8, 4) is 5.75 Å². The van der Waals surface area contributed by atoms with Crippen molar-refractivity contribution in [1.82, 2.24) is 5.32 Å². The van der Waals surface area contributed by atoms with Gasteiger partial charge in [0.1, 0.15) is 5.75 Å². The van der Waals surface area contributed by atoms with Crippen LogP contribution in [0.4, 0.5) is 0 Å². The smallest absolute Gasteiger partial charge is 0.306 e. The summed E-state index contributed by atoms with van der Waals surface area (Å²) >= 11 is 0. The summed E-state index contributed by atoms with van der Waals surface area (Å²) < 4.78 is 0. The van der Waals surface area contributed by atoms with E-state index >= 15 is 0 Å². The van der Waals surface area contributed by atoms with Crippen molar-refractivity contribution in [2.45, 2.75) is 38.1 Å². The highest BCUT2D eigenvalue weighted by Crippen LogP contribution is 2.24. The van der Waals surface area contributed by atoms with Gasteiger partial charge in [-0.15, -0.1) is 0 Å². The minimum Gasteiger partial charge on any atom is -0.508 e. The Morgan fingerprint density at radius 3 is 2.40 bits per heavy atom. The first kappa shape index (κ1) is 14.4. The number of phenols is 1. The Bertz CT molecular complexity index is 492. The Morgan fingerprint density at radius 1 is 1.15 bits per heavy atom. The monoisotopic (exact) mass is 277 g/mol. The number of aromatic hydroxyl groups is 1. The Morgan fingerprint density at radius 2 is 1.80 bits per heavy atom. The second kappa shape index (κ2) is 6.41. The number of carboxylic acid groups (broad SMARTS) is 1. The van der Waals surface area contributed by atoms with Crippen LogP contribution in [-0.4, -0.2) is 28.1 Å². The highest BCUT2D eigenvalue weighted by Gasteiger charge is 2.26. The molecule has 0 radical (unpaired) electrons. The molecule has 1 fully saturated rings. The number of nitrogens with one attached hydrogen (secondary N) is 1. The van der Waals surface area contributed by atoms with Crippen molar-refractivity contribution in [2.24, 2.45) is 5.92 Å². The quantitative estimate of drug-likeness (QED) is 0.781. The van der Waals surface area contributed by atoms with Gasteiger partial charge in [0.25, 0.3) is 0 Å². The van der Waals surface area contributed by atoms with E-state index in [1.165, 1.54) is 0 Å². The van der Waals surface area contributed by atoms with Gasteiger partial charge in [-0.2, -0.15) is 0 Å². The molecule has 0 saturated heterocycles. The van der Waals surface area contributed by atoms with Crippen molar-refractivity contribution >= 4 is 11.9 Å². The van der Waals surface area contributed by atoms with Crippen LogP contribution in [0, 0.1) is 5.92 Å². The van der Waals surface area contributed by atoms with E-state index in [1.54, 1.807) is 24.3 Å². The topological polar surface area (TPSA) is 86.6 Å². The minimum absolute atomic E-state index is 0.0453. The molecule has 2 rings (SSSR count). The van der Waals surface area contributed by atoms with E-state index in [0.717, 1.165) is 0 Å². The molecular weight excluding hydrogens is 258 g/mol. The van der Waals surface area contributed by atoms with Crippen molar-refractivity contribution in [3.05, 3.63) is 29.8 Å². The summed E-state index contributed by atoms with van der Waals surface area (Å²) in [5.41, 5.74) is 0.601. The third kappa shape index (κ3) is 3.73. The molecule has 108 valence electrons. The van der Waals surface area contributed by atoms with Crippen LogP contribution < -0.4 is 5.32 Å². The zero-order valence-electron chi connectivity index (χ0n) is 11.2. The van der Waals surface area contributed by atoms with Gasteiger partial charge in [0.05, 0.1) is 12.3 Å². The molecule has 0 aliphatic heterocycles. The van der Waals surface area contributed by atoms with E-state index in [2.05, 4.69) is 5.32 Å². The number of amides is 1. The molecule has 1 aliphatic rings. The predicted molar refractivity (Wildman–Crippen MR) is 73.3 cm³/mol. The van der Waals surface area contributed by atoms with Gasteiger partial charge in [-0.3, -0.25) is 9.59 Å². The van der Waals surface area contributed by atoms with E-state index in [9.17, 15) is 14.7 Å². The van der Waals surface area contributed by atoms with Gasteiger partial charge >= 0.3 is 5.97 Å². The second-order valence-corrected chi connectivity index (χ2v) is 5.26. The summed E-state index contributed by atoms with van der Waals surface area (Å²) in [6.45, 7) is 0. The Kier molecular flexibility index (Phi) is 4.61. The molecule has 0 heterocycles. The zero-order chi connectivity index (χ0) is 14.5. The normalized spacial score (nSPS) is 22.2. The predicted octanol–water partition coefficient (Wildman–Crippen LogP) is 1.69. The van der Waals surface area contributed by atoms with Crippen LogP contribution >= 0.6 is 0 Å². The first-order valence-corrected chi connectivity index (χ1v) is 6.85. The van der Waals surface area contributed by atoms with Gasteiger partial charge in [-0.05, 0) is 31.7 Å². The lowest BCUT2D eigenvalue weighted by Gasteiger charge is -2.26. The number of aliphatic carboxylic acids is 1. The van der Waals surface area contributed by atoms with Gasteiger partial charge < -0.3 is 15.5 Å². The van der Waals surface area contributed by atoms with Gasteiger partial charge in [0.2, 0.25) is 5.91 Å². The standard InChI is InChI=1S/C15H19NO4/c17-13-4-2-1-3-11(13)9-14(18)16-12-7-5-10(6-8-12)15(19)20/h1-4,10,12,17H,5-9H2,(H,16,18)(H,19,20). The number of carbonyl (C=O) groups excluding carboxylic acids is 1. The van der Waals surface area contributed by atoms with Gasteiger partial charge in [0, 0.05) is 11.6 Å². The van der Waals surface area contributed by atoms with Crippen LogP contribution in [0.15, 0.2) is 24.3 Å². The molecule has 0 spiro atoms. The Labute approximate surface area is 117 Å². The third-order valence-electron chi connectivity index (χ3n) is 3.78. The molecule has 3 N–H and O–H groups in total. The van der Waals surface area contributed by atoms with Crippen molar-refractivity contribution in [1.29, 1.82) is 0 Å². The number of hydrogen-bond donors (Lipinski definition) is 3. The molecule has 1 saturated carbocycles. The Hall–Kier alpha value is -2.04. The number of rotatable bonds is 4. The van der Waals surface area contributed by atoms with Crippen LogP contribution in [0.3, 0.4) is 0 Å². The molecule has 0 atom stereocenters. The lowest BCUT2D eigenvalue weighted by molar-refractivity contribution is -0.142. The van der Waals surface area contributed by atoms with E-state index in [4.69, 9.17) is 5.11 Å². The van der Waals surface area contributed by atoms with Crippen molar-refractivity contribution in [3.63, 3.8) is 0 Å². The maximum absolute atomic E-state index is 11.9. The molecule has 1 amide bonds. The van der Waals surface area contributed by atoms with Crippen LogP contribution in [-0.2, 0) is 16.0 Å². The molecular formula is C15H19NO4. The average molecular weight is 277 g/mol. The van der Waals surface area contributed by atoms with Crippen LogP contribution in [0.2, 0.25) is 0 Å². The van der Waals surface area contributed by atoms with Crippen molar-refractivity contribution < 1.29 is 19.8 Å². The largest absolute Gasteiger partial charge is 0.508 e. The highest BCUT2D eigenvalue weighted by molar-refractivity contribution is 5.79. The summed E-state index contributed by atoms with van der Waals surface area (Å²) in [5, 5.41) is 21.4. The molecule has 0 unspecified atom stereocenters. The first-order valence-electron chi connectivity index (χ1n) is 6.85. The van der Waals surface area contributed by atoms with E-state index in [0.29, 0.717) is 31.2 Å². The number of para-hydroxylation sites is 1. The van der Waals surface area contributed by atoms with Crippen molar-refractivity contribution in [2.75, 3.05) is 0 Å². The van der Waals surface area contributed by atoms with Crippen LogP contribution in [0.25, 0.3) is 0 Å². The molecule has 5 heteroatoms. The zero-order valence-corrected chi connectivity index (χ0v) is 11.2. The number of carboxylic acids is 1. The lowest BCUT2D eigenvalue weighted by Crippen LogP contribution is -2.39. The maximum atomic E-state index is 11.9. The van der Waals surface area contributed by atoms with E-state index < -0.39 is 5.97 Å². The molecule has 20 heavy (non-hydrogen) atoms. The fourth-order valence-electron chi connectivity index (χ4n) is 2.60. The lowest BCUT2D eigenvalue weighted by atomic mass is 9.86. The fourth-order valence-corrected chi connectivity index (χ4v) is 2.60. The molecule has 1 aromatic rings. The Balaban J connectivity index is 1.81. The van der Waals surface area contributed by atoms with Crippen LogP contribution in [0.5, 0.6) is 5.75 Å².